The zero-order chi connectivity index (χ0) is 36.5. The minimum atomic E-state index is -2.24. The van der Waals surface area contributed by atoms with Crippen LogP contribution in [0.15, 0.2) is 48.1 Å². The maximum Gasteiger partial charge on any atom is 0.341 e. The lowest BCUT2D eigenvalue weighted by atomic mass is 9.68. The first-order valence-electron chi connectivity index (χ1n) is 18.3. The van der Waals surface area contributed by atoms with Gasteiger partial charge in [0.1, 0.15) is 5.75 Å². The third-order valence-corrected chi connectivity index (χ3v) is 21.4. The zero-order valence-corrected chi connectivity index (χ0v) is 34.6. The standard InChI is InChI=1S/C40H64O7Si2/c1-26-20-34-32(37(26)45-25-27-14-17-29(43-8)18-15-27)19-16-28-21-30(46-48(10,11)39(2,3)4)22-31(47-49(12,13)40(5,6)7)23-36(41)35(24-33(28)34)38(42)44-9/h14-19,24,26,28,30-34,37H,20-23,25H2,1-13H3/b35-24+/t26-,28+,30-,31-,32-,33-,34-,37+/m1/s1. The number of methoxy groups -OCH3 is 2. The lowest BCUT2D eigenvalue weighted by Gasteiger charge is -2.44. The van der Waals surface area contributed by atoms with Crippen LogP contribution >= 0.6 is 0 Å². The molecule has 3 aliphatic carbocycles. The third-order valence-electron chi connectivity index (χ3n) is 12.3. The molecular weight excluding hydrogens is 649 g/mol. The van der Waals surface area contributed by atoms with Gasteiger partial charge < -0.3 is 23.1 Å². The van der Waals surface area contributed by atoms with Crippen LogP contribution in [0, 0.1) is 29.6 Å². The van der Waals surface area contributed by atoms with E-state index in [1.54, 1.807) is 7.11 Å². The van der Waals surface area contributed by atoms with Crippen LogP contribution in [0.1, 0.15) is 79.7 Å². The van der Waals surface area contributed by atoms with Crippen LogP contribution in [0.2, 0.25) is 36.3 Å². The van der Waals surface area contributed by atoms with Crippen molar-refractivity contribution >= 4 is 28.4 Å². The fourth-order valence-electron chi connectivity index (χ4n) is 7.44. The normalized spacial score (nSPS) is 31.0. The highest BCUT2D eigenvalue weighted by molar-refractivity contribution is 6.74. The molecule has 0 saturated heterocycles. The Labute approximate surface area is 298 Å². The maximum atomic E-state index is 14.2. The van der Waals surface area contributed by atoms with Gasteiger partial charge in [-0.2, -0.15) is 0 Å². The monoisotopic (exact) mass is 712 g/mol. The van der Waals surface area contributed by atoms with Crippen molar-refractivity contribution in [1.29, 1.82) is 0 Å². The summed E-state index contributed by atoms with van der Waals surface area (Å²) < 4.78 is 31.4. The molecule has 0 heterocycles. The van der Waals surface area contributed by atoms with E-state index in [0.717, 1.165) is 24.2 Å². The van der Waals surface area contributed by atoms with E-state index < -0.39 is 22.6 Å². The smallest absolute Gasteiger partial charge is 0.341 e. The predicted molar refractivity (Wildman–Crippen MR) is 202 cm³/mol. The first-order valence-corrected chi connectivity index (χ1v) is 24.1. The summed E-state index contributed by atoms with van der Waals surface area (Å²) >= 11 is 0. The molecule has 0 aliphatic heterocycles. The van der Waals surface area contributed by atoms with Crippen molar-refractivity contribution in [3.05, 3.63) is 53.6 Å². The minimum absolute atomic E-state index is 0.0199. The van der Waals surface area contributed by atoms with Crippen LogP contribution in [0.5, 0.6) is 5.75 Å². The molecule has 274 valence electrons. The number of rotatable bonds is 9. The molecule has 49 heavy (non-hydrogen) atoms. The van der Waals surface area contributed by atoms with E-state index in [4.69, 9.17) is 23.1 Å². The Morgan fingerprint density at radius 2 is 1.41 bits per heavy atom. The molecule has 0 bridgehead atoms. The molecule has 3 aliphatic rings. The van der Waals surface area contributed by atoms with Crippen molar-refractivity contribution in [2.45, 2.75) is 135 Å². The second-order valence-electron chi connectivity index (χ2n) is 17.9. The highest BCUT2D eigenvalue weighted by atomic mass is 28.4. The van der Waals surface area contributed by atoms with Crippen molar-refractivity contribution in [3.8, 4) is 5.75 Å². The maximum absolute atomic E-state index is 14.2. The molecule has 1 fully saturated rings. The van der Waals surface area contributed by atoms with Gasteiger partial charge in [-0.15, -0.1) is 0 Å². The number of benzene rings is 1. The van der Waals surface area contributed by atoms with Crippen LogP contribution in [0.4, 0.5) is 0 Å². The molecule has 1 aromatic rings. The SMILES string of the molecule is COC(=O)/C1=C/[C@H]2[C@@H]3C[C@@H](C)[C@H](OCc4ccc(OC)cc4)[C@@H]3C=C[C@H]2C[C@@H](O[Si](C)(C)C(C)(C)C)C[C@@H](O[Si](C)(C)C(C)(C)C)CC1=O. The van der Waals surface area contributed by atoms with Crippen molar-refractivity contribution in [2.75, 3.05) is 14.2 Å². The van der Waals surface area contributed by atoms with E-state index in [2.05, 4.69) is 86.8 Å². The Hall–Kier alpha value is -2.05. The van der Waals surface area contributed by atoms with Gasteiger partial charge in [-0.25, -0.2) is 4.79 Å². The van der Waals surface area contributed by atoms with Crippen LogP contribution in [-0.2, 0) is 34.5 Å². The molecule has 7 nitrogen and oxygen atoms in total. The Morgan fingerprint density at radius 3 is 1.96 bits per heavy atom. The van der Waals surface area contributed by atoms with Gasteiger partial charge in [0.15, 0.2) is 22.4 Å². The summed E-state index contributed by atoms with van der Waals surface area (Å²) in [5.41, 5.74) is 1.26. The van der Waals surface area contributed by atoms with Gasteiger partial charge in [0.25, 0.3) is 0 Å². The number of hydrogen-bond acceptors (Lipinski definition) is 7. The van der Waals surface area contributed by atoms with Gasteiger partial charge in [-0.1, -0.05) is 78.8 Å². The first kappa shape index (κ1) is 39.7. The number of esters is 1. The number of Topliss-reactive ketones (excluding diaryl/α,β-unsaturated/α-hetero) is 1. The first-order chi connectivity index (χ1) is 22.7. The van der Waals surface area contributed by atoms with Crippen molar-refractivity contribution in [1.82, 2.24) is 0 Å². The molecule has 0 aromatic heterocycles. The van der Waals surface area contributed by atoms with Crippen LogP contribution < -0.4 is 4.74 Å². The predicted octanol–water partition coefficient (Wildman–Crippen LogP) is 9.29. The van der Waals surface area contributed by atoms with Crippen molar-refractivity contribution in [3.63, 3.8) is 0 Å². The second-order valence-corrected chi connectivity index (χ2v) is 27.4. The average Bonchev–Trinajstić information content (AvgIpc) is 3.32. The number of ether oxygens (including phenoxy) is 3. The van der Waals surface area contributed by atoms with E-state index in [1.165, 1.54) is 7.11 Å². The number of fused-ring (bicyclic) bond motifs is 3. The fraction of sp³-hybridized carbons (Fsp3) is 0.700. The second kappa shape index (κ2) is 15.3. The molecule has 0 radical (unpaired) electrons. The molecule has 4 rings (SSSR count). The van der Waals surface area contributed by atoms with Crippen molar-refractivity contribution < 1.29 is 32.7 Å². The molecular formula is C40H64O7Si2. The summed E-state index contributed by atoms with van der Waals surface area (Å²) in [5.74, 6) is 0.866. The molecule has 0 N–H and O–H groups in total. The molecule has 8 atom stereocenters. The highest BCUT2D eigenvalue weighted by Crippen LogP contribution is 2.51. The summed E-state index contributed by atoms with van der Waals surface area (Å²) in [5, 5.41) is 0.00759. The Balaban J connectivity index is 1.72. The Morgan fingerprint density at radius 1 is 0.816 bits per heavy atom. The van der Waals surface area contributed by atoms with Gasteiger partial charge in [-0.3, -0.25) is 4.79 Å². The molecule has 0 spiro atoms. The summed E-state index contributed by atoms with van der Waals surface area (Å²) in [6.07, 6.45) is 8.78. The summed E-state index contributed by atoms with van der Waals surface area (Å²) in [6, 6.07) is 8.02. The van der Waals surface area contributed by atoms with Crippen LogP contribution in [0.3, 0.4) is 0 Å². The number of allylic oxidation sites excluding steroid dienone is 2. The van der Waals surface area contributed by atoms with Crippen LogP contribution in [0.25, 0.3) is 0 Å². The Bertz CT molecular complexity index is 1370. The molecule has 0 unspecified atom stereocenters. The molecule has 1 aromatic carbocycles. The molecule has 1 saturated carbocycles. The van der Waals surface area contributed by atoms with E-state index >= 15 is 0 Å². The average molecular weight is 713 g/mol. The van der Waals surface area contributed by atoms with Gasteiger partial charge >= 0.3 is 5.97 Å². The van der Waals surface area contributed by atoms with E-state index in [0.29, 0.717) is 18.9 Å². The topological polar surface area (TPSA) is 80.3 Å². The Kier molecular flexibility index (Phi) is 12.4. The number of carbonyl (C=O) groups is 2. The summed E-state index contributed by atoms with van der Waals surface area (Å²) in [7, 11) is -1.37. The van der Waals surface area contributed by atoms with Gasteiger partial charge in [-0.05, 0) is 96.9 Å². The third kappa shape index (κ3) is 9.25. The molecule has 0 amide bonds. The minimum Gasteiger partial charge on any atom is -0.497 e. The number of ketones is 1. The van der Waals surface area contributed by atoms with Crippen LogP contribution in [-0.4, -0.2) is 60.9 Å². The summed E-state index contributed by atoms with van der Waals surface area (Å²) in [4.78, 5) is 27.6. The molecule has 9 heteroatoms. The van der Waals surface area contributed by atoms with Gasteiger partial charge in [0.2, 0.25) is 0 Å². The quantitative estimate of drug-likeness (QED) is 0.109. The lowest BCUT2D eigenvalue weighted by Crippen LogP contribution is -2.48. The van der Waals surface area contributed by atoms with E-state index in [9.17, 15) is 9.59 Å². The van der Waals surface area contributed by atoms with Gasteiger partial charge in [0, 0.05) is 18.4 Å². The fourth-order valence-corrected chi connectivity index (χ4v) is 10.2. The zero-order valence-electron chi connectivity index (χ0n) is 32.6. The number of hydrogen-bond donors (Lipinski definition) is 0. The largest absolute Gasteiger partial charge is 0.497 e. The van der Waals surface area contributed by atoms with E-state index in [-0.39, 0.29) is 69.8 Å². The van der Waals surface area contributed by atoms with E-state index in [1.807, 2.05) is 30.3 Å². The summed E-state index contributed by atoms with van der Waals surface area (Å²) in [6.45, 7) is 25.3. The highest BCUT2D eigenvalue weighted by Gasteiger charge is 2.50. The lowest BCUT2D eigenvalue weighted by molar-refractivity contribution is -0.138. The van der Waals surface area contributed by atoms with Gasteiger partial charge in [0.05, 0.1) is 38.6 Å². The van der Waals surface area contributed by atoms with Crippen molar-refractivity contribution in [2.24, 2.45) is 29.6 Å². The number of carbonyl (C=O) groups excluding carboxylic acids is 2.